The molecule has 2 saturated heterocycles. The molecule has 2 aliphatic heterocycles. The number of carboxylic acids is 1. The van der Waals surface area contributed by atoms with Crippen molar-refractivity contribution in [1.82, 2.24) is 9.21 Å². The Bertz CT molecular complexity index is 867. The molecule has 0 aromatic heterocycles. The molecule has 3 rings (SSSR count). The molecular formula is C20H28N2O6S. The third-order valence-corrected chi connectivity index (χ3v) is 7.69. The Kier molecular flexibility index (Phi) is 6.19. The first kappa shape index (κ1) is 21.6. The van der Waals surface area contributed by atoms with E-state index < -0.39 is 28.1 Å². The molecule has 0 radical (unpaired) electrons. The van der Waals surface area contributed by atoms with E-state index >= 15 is 0 Å². The average molecular weight is 425 g/mol. The van der Waals surface area contributed by atoms with Crippen molar-refractivity contribution in [3.8, 4) is 5.75 Å². The fraction of sp³-hybridized carbons (Fsp3) is 0.600. The number of piperidine rings is 1. The van der Waals surface area contributed by atoms with Gasteiger partial charge in [0.2, 0.25) is 15.9 Å². The number of benzene rings is 1. The summed E-state index contributed by atoms with van der Waals surface area (Å²) in [5.41, 5.74) is 0. The zero-order valence-electron chi connectivity index (χ0n) is 16.9. The van der Waals surface area contributed by atoms with Crippen molar-refractivity contribution in [2.24, 2.45) is 11.8 Å². The van der Waals surface area contributed by atoms with Gasteiger partial charge in [-0.1, -0.05) is 13.8 Å². The molecule has 1 aromatic rings. The Morgan fingerprint density at radius 1 is 1.24 bits per heavy atom. The highest BCUT2D eigenvalue weighted by Crippen LogP contribution is 2.40. The first-order chi connectivity index (χ1) is 13.6. The summed E-state index contributed by atoms with van der Waals surface area (Å²) in [5, 5.41) is 9.71. The number of amides is 1. The van der Waals surface area contributed by atoms with E-state index in [2.05, 4.69) is 0 Å². The van der Waals surface area contributed by atoms with Gasteiger partial charge in [0.1, 0.15) is 11.8 Å². The summed E-state index contributed by atoms with van der Waals surface area (Å²) in [6.07, 6.45) is 1.26. The molecule has 0 saturated carbocycles. The van der Waals surface area contributed by atoms with E-state index in [0.717, 1.165) is 4.31 Å². The molecule has 1 N–H and O–H groups in total. The van der Waals surface area contributed by atoms with Crippen LogP contribution in [0.4, 0.5) is 0 Å². The van der Waals surface area contributed by atoms with Gasteiger partial charge in [-0.3, -0.25) is 9.59 Å². The van der Waals surface area contributed by atoms with Crippen LogP contribution in [0.3, 0.4) is 0 Å². The quantitative estimate of drug-likeness (QED) is 0.747. The topological polar surface area (TPSA) is 104 Å². The number of nitrogens with zero attached hydrogens (tertiary/aromatic N) is 2. The van der Waals surface area contributed by atoms with Crippen molar-refractivity contribution < 1.29 is 27.9 Å². The highest BCUT2D eigenvalue weighted by molar-refractivity contribution is 7.89. The summed E-state index contributed by atoms with van der Waals surface area (Å²) in [7, 11) is -2.56. The van der Waals surface area contributed by atoms with E-state index in [4.69, 9.17) is 4.74 Å². The number of likely N-dealkylation sites (tertiary alicyclic amines) is 1. The average Bonchev–Trinajstić information content (AvgIpc) is 3.07. The van der Waals surface area contributed by atoms with E-state index in [1.807, 2.05) is 13.8 Å². The fourth-order valence-corrected chi connectivity index (χ4v) is 6.12. The highest BCUT2D eigenvalue weighted by Gasteiger charge is 2.52. The Hall–Kier alpha value is -2.13. The summed E-state index contributed by atoms with van der Waals surface area (Å²) in [6, 6.07) is 4.26. The maximum atomic E-state index is 13.4. The minimum absolute atomic E-state index is 0.0148. The molecule has 2 aliphatic rings. The summed E-state index contributed by atoms with van der Waals surface area (Å²) in [4.78, 5) is 26.1. The van der Waals surface area contributed by atoms with Crippen molar-refractivity contribution in [2.45, 2.75) is 50.1 Å². The zero-order chi connectivity index (χ0) is 21.3. The van der Waals surface area contributed by atoms with Crippen LogP contribution in [0.25, 0.3) is 0 Å². The lowest BCUT2D eigenvalue weighted by Gasteiger charge is -2.38. The van der Waals surface area contributed by atoms with Gasteiger partial charge in [0.25, 0.3) is 0 Å². The molecule has 0 spiro atoms. The van der Waals surface area contributed by atoms with Gasteiger partial charge < -0.3 is 14.7 Å². The highest BCUT2D eigenvalue weighted by atomic mass is 32.2. The summed E-state index contributed by atoms with van der Waals surface area (Å²) in [6.45, 7) is 4.69. The van der Waals surface area contributed by atoms with E-state index in [9.17, 15) is 23.1 Å². The molecule has 0 unspecified atom stereocenters. The number of hydrogen-bond donors (Lipinski definition) is 1. The maximum Gasteiger partial charge on any atom is 0.322 e. The predicted molar refractivity (Wildman–Crippen MR) is 106 cm³/mol. The monoisotopic (exact) mass is 424 g/mol. The number of hydrogen-bond acceptors (Lipinski definition) is 5. The number of methoxy groups -OCH3 is 1. The second-order valence-corrected chi connectivity index (χ2v) is 10.00. The van der Waals surface area contributed by atoms with Crippen LogP contribution in [-0.4, -0.2) is 66.9 Å². The first-order valence-electron chi connectivity index (χ1n) is 9.83. The van der Waals surface area contributed by atoms with Crippen LogP contribution in [0.15, 0.2) is 29.2 Å². The van der Waals surface area contributed by atoms with Crippen LogP contribution in [0.1, 0.15) is 33.1 Å². The molecule has 8 nitrogen and oxygen atoms in total. The number of carboxylic acid groups (broad SMARTS) is 1. The molecule has 160 valence electrons. The minimum atomic E-state index is -4.04. The van der Waals surface area contributed by atoms with Crippen LogP contribution in [-0.2, 0) is 19.6 Å². The number of carbonyl (C=O) groups excluding carboxylic acids is 1. The van der Waals surface area contributed by atoms with Gasteiger partial charge in [-0.05, 0) is 48.9 Å². The Morgan fingerprint density at radius 2 is 1.90 bits per heavy atom. The Balaban J connectivity index is 1.92. The summed E-state index contributed by atoms with van der Waals surface area (Å²) in [5.74, 6) is -0.529. The molecule has 9 heteroatoms. The number of aliphatic carboxylic acids is 1. The van der Waals surface area contributed by atoms with Crippen LogP contribution < -0.4 is 4.74 Å². The third kappa shape index (κ3) is 4.25. The molecule has 3 atom stereocenters. The van der Waals surface area contributed by atoms with Crippen LogP contribution in [0, 0.1) is 11.8 Å². The second kappa shape index (κ2) is 8.31. The van der Waals surface area contributed by atoms with Gasteiger partial charge in [0.05, 0.1) is 12.0 Å². The molecular weight excluding hydrogens is 396 g/mol. The fourth-order valence-electron chi connectivity index (χ4n) is 4.29. The Morgan fingerprint density at radius 3 is 2.45 bits per heavy atom. The first-order valence-corrected chi connectivity index (χ1v) is 11.3. The molecule has 2 heterocycles. The molecule has 1 amide bonds. The van der Waals surface area contributed by atoms with Crippen LogP contribution >= 0.6 is 0 Å². The number of fused-ring (bicyclic) bond motifs is 1. The van der Waals surface area contributed by atoms with Crippen molar-refractivity contribution in [3.63, 3.8) is 0 Å². The largest absolute Gasteiger partial charge is 0.497 e. The standard InChI is InChI=1S/C20H28N2O6S/c1-13(2)10-19(23)21-9-8-14-11-17(20(24)25)22(18(14)12-21)29(26,27)16-6-4-15(28-3)5-7-16/h4-7,13-14,17-18H,8-12H2,1-3H3,(H,24,25)/t14-,17-,18-/m0/s1. The molecule has 0 bridgehead atoms. The molecule has 2 fully saturated rings. The van der Waals surface area contributed by atoms with E-state index in [0.29, 0.717) is 25.1 Å². The zero-order valence-corrected chi connectivity index (χ0v) is 17.8. The molecule has 0 aliphatic carbocycles. The van der Waals surface area contributed by atoms with Gasteiger partial charge in [-0.25, -0.2) is 8.42 Å². The van der Waals surface area contributed by atoms with Gasteiger partial charge >= 0.3 is 5.97 Å². The van der Waals surface area contributed by atoms with E-state index in [-0.39, 0.29) is 35.6 Å². The van der Waals surface area contributed by atoms with E-state index in [1.165, 1.54) is 31.4 Å². The van der Waals surface area contributed by atoms with Crippen molar-refractivity contribution in [3.05, 3.63) is 24.3 Å². The van der Waals surface area contributed by atoms with Crippen molar-refractivity contribution in [2.75, 3.05) is 20.2 Å². The normalized spacial score (nSPS) is 25.1. The smallest absolute Gasteiger partial charge is 0.322 e. The van der Waals surface area contributed by atoms with Crippen molar-refractivity contribution >= 4 is 21.9 Å². The van der Waals surface area contributed by atoms with Crippen LogP contribution in [0.5, 0.6) is 5.75 Å². The third-order valence-electron chi connectivity index (χ3n) is 5.74. The number of sulfonamides is 1. The van der Waals surface area contributed by atoms with Gasteiger partial charge in [0.15, 0.2) is 0 Å². The van der Waals surface area contributed by atoms with Crippen molar-refractivity contribution in [1.29, 1.82) is 0 Å². The second-order valence-electron chi connectivity index (χ2n) is 8.15. The molecule has 1 aromatic carbocycles. The minimum Gasteiger partial charge on any atom is -0.497 e. The SMILES string of the molecule is COc1ccc(S(=O)(=O)N2[C@H](C(=O)O)C[C@@H]3CCN(C(=O)CC(C)C)C[C@@H]32)cc1. The van der Waals surface area contributed by atoms with Gasteiger partial charge in [-0.15, -0.1) is 0 Å². The lowest BCUT2D eigenvalue weighted by Crippen LogP contribution is -2.53. The number of carbonyl (C=O) groups is 2. The Labute approximate surface area is 171 Å². The lowest BCUT2D eigenvalue weighted by molar-refractivity contribution is -0.141. The summed E-state index contributed by atoms with van der Waals surface area (Å²) < 4.78 is 33.0. The van der Waals surface area contributed by atoms with Gasteiger partial charge in [0, 0.05) is 25.6 Å². The summed E-state index contributed by atoms with van der Waals surface area (Å²) >= 11 is 0. The van der Waals surface area contributed by atoms with Gasteiger partial charge in [-0.2, -0.15) is 4.31 Å². The predicted octanol–water partition coefficient (Wildman–Crippen LogP) is 1.81. The maximum absolute atomic E-state index is 13.4. The van der Waals surface area contributed by atoms with Crippen LogP contribution in [0.2, 0.25) is 0 Å². The molecule has 29 heavy (non-hydrogen) atoms. The number of ether oxygens (including phenoxy) is 1. The van der Waals surface area contributed by atoms with E-state index in [1.54, 1.807) is 4.90 Å². The lowest BCUT2D eigenvalue weighted by atomic mass is 9.91. The number of rotatable bonds is 6.